The Morgan fingerprint density at radius 2 is 1.62 bits per heavy atom. The van der Waals surface area contributed by atoms with Gasteiger partial charge < -0.3 is 54.5 Å². The Kier molecular flexibility index (Phi) is 15.9. The lowest BCUT2D eigenvalue weighted by atomic mass is 9.78. The van der Waals surface area contributed by atoms with Crippen molar-refractivity contribution in [1.82, 2.24) is 9.80 Å². The van der Waals surface area contributed by atoms with Crippen LogP contribution in [0.1, 0.15) is 103 Å². The Morgan fingerprint density at radius 1 is 0.942 bits per heavy atom. The molecule has 6 aliphatic heterocycles. The highest BCUT2D eigenvalue weighted by Crippen LogP contribution is 2.51. The van der Waals surface area contributed by atoms with Crippen molar-refractivity contribution in [2.45, 2.75) is 134 Å². The number of carbonyl (C=O) groups is 4. The van der Waals surface area contributed by atoms with Crippen LogP contribution in [0.3, 0.4) is 0 Å². The van der Waals surface area contributed by atoms with Gasteiger partial charge in [0.25, 0.3) is 11.7 Å². The van der Waals surface area contributed by atoms with Gasteiger partial charge in [0, 0.05) is 104 Å². The quantitative estimate of drug-likeness (QED) is 0.0814. The summed E-state index contributed by atoms with van der Waals surface area (Å²) < 4.78 is 24.9. The van der Waals surface area contributed by atoms with E-state index in [4.69, 9.17) is 23.9 Å². The molecule has 69 heavy (non-hydrogen) atoms. The zero-order valence-corrected chi connectivity index (χ0v) is 43.2. The van der Waals surface area contributed by atoms with Crippen LogP contribution in [0.5, 0.6) is 17.2 Å². The summed E-state index contributed by atoms with van der Waals surface area (Å²) in [6.07, 6.45) is 6.73. The summed E-state index contributed by atoms with van der Waals surface area (Å²) in [5, 5.41) is 51.2. The maximum atomic E-state index is 14.9. The van der Waals surface area contributed by atoms with Crippen LogP contribution in [0, 0.1) is 30.6 Å². The number of carbonyl (C=O) groups excluding carboxylic acids is 4. The molecule has 2 saturated heterocycles. The summed E-state index contributed by atoms with van der Waals surface area (Å²) >= 11 is 2.40. The molecule has 17 nitrogen and oxygen atoms in total. The number of anilines is 1. The number of ether oxygens (including phenoxy) is 4. The van der Waals surface area contributed by atoms with E-state index in [1.807, 2.05) is 0 Å². The van der Waals surface area contributed by atoms with Gasteiger partial charge in [-0.2, -0.15) is 0 Å². The zero-order chi connectivity index (χ0) is 50.3. The number of methoxy groups -OCH3 is 1. The first kappa shape index (κ1) is 52.2. The van der Waals surface area contributed by atoms with Gasteiger partial charge in [0.15, 0.2) is 5.75 Å². The number of ketones is 1. The molecule has 6 heterocycles. The fourth-order valence-corrected chi connectivity index (χ4v) is 11.0. The average Bonchev–Trinajstić information content (AvgIpc) is 3.82. The molecule has 8 rings (SSSR count). The van der Waals surface area contributed by atoms with Crippen LogP contribution in [-0.4, -0.2) is 133 Å². The molecule has 5 bridgehead atoms. The van der Waals surface area contributed by atoms with E-state index in [0.29, 0.717) is 48.6 Å². The number of piperidine rings is 2. The first-order valence-electron chi connectivity index (χ1n) is 24.1. The number of phenols is 2. The van der Waals surface area contributed by atoms with Gasteiger partial charge in [-0.1, -0.05) is 75.4 Å². The Labute approximate surface area is 416 Å². The van der Waals surface area contributed by atoms with E-state index < -0.39 is 89.4 Å². The van der Waals surface area contributed by atoms with Crippen LogP contribution in [-0.2, 0) is 28.6 Å². The number of esters is 1. The second-order valence-electron chi connectivity index (χ2n) is 19.9. The number of rotatable bonds is 6. The molecule has 2 aromatic carbocycles. The largest absolute Gasteiger partial charge is 0.507 e. The minimum absolute atomic E-state index is 0.0307. The standard InChI is InChI=1S/C51H68IN5O12/c1-26-14-13-15-27(2)49(65)53-41-40-39(54-51(55-40)17-21-56(22-18-51)25-28(3)52)36-37(45(41)63)44(62)32(7)47-38(36)48(64)50(8,69-47)67-23-16-33(66-9)29(4)46(31(6)43(61)30(5)42(26)60)68-35(59)24-34(58)57-19-11-10-12-20-57/h13-16,23,26,28-31,33,42-43,46,54,60-63H,10-12,17-22,24-25H2,1-9H3/b14-13+,23-16+,27-15-,53-41?/t26-,28?,29+,30+,31+,33-,42-,43+,46+,50-/m0/s1. The van der Waals surface area contributed by atoms with E-state index in [1.165, 1.54) is 32.4 Å². The molecule has 0 saturated carbocycles. The summed E-state index contributed by atoms with van der Waals surface area (Å²) in [5.74, 6) is -8.12. The third-order valence-electron chi connectivity index (χ3n) is 14.8. The number of allylic oxidation sites excluding steroid dienone is 2. The fraction of sp³-hybridized carbons (Fsp3) is 0.608. The molecule has 0 radical (unpaired) electrons. The van der Waals surface area contributed by atoms with Crippen molar-refractivity contribution in [1.29, 1.82) is 0 Å². The smallest absolute Gasteiger partial charge is 0.315 e. The predicted octanol–water partition coefficient (Wildman–Crippen LogP) is 5.30. The van der Waals surface area contributed by atoms with Crippen molar-refractivity contribution < 1.29 is 58.6 Å². The second kappa shape index (κ2) is 21.0. The number of benzene rings is 2. The molecule has 1 unspecified atom stereocenters. The van der Waals surface area contributed by atoms with Crippen molar-refractivity contribution in [3.8, 4) is 17.2 Å². The number of aliphatic hydroxyl groups is 2. The number of halogens is 1. The zero-order valence-electron chi connectivity index (χ0n) is 41.1. The highest BCUT2D eigenvalue weighted by Gasteiger charge is 2.51. The predicted molar refractivity (Wildman–Crippen MR) is 266 cm³/mol. The number of phenolic OH excluding ortho intramolecular Hbond substituents is 2. The maximum Gasteiger partial charge on any atom is 0.315 e. The molecule has 2 aromatic rings. The first-order chi connectivity index (χ1) is 32.6. The number of Topliss-reactive ketones (excluding diaryl/α,β-unsaturated/α-hetero) is 1. The Hall–Kier alpha value is -4.63. The summed E-state index contributed by atoms with van der Waals surface area (Å²) in [5.41, 5.74) is -0.218. The van der Waals surface area contributed by atoms with Crippen molar-refractivity contribution in [3.05, 3.63) is 58.0 Å². The van der Waals surface area contributed by atoms with Crippen LogP contribution >= 0.6 is 22.6 Å². The molecule has 376 valence electrons. The topological polar surface area (TPSA) is 229 Å². The molecule has 6 aliphatic rings. The second-order valence-corrected chi connectivity index (χ2v) is 22.0. The van der Waals surface area contributed by atoms with Crippen LogP contribution in [0.25, 0.3) is 10.8 Å². The average molecular weight is 1070 g/mol. The summed E-state index contributed by atoms with van der Waals surface area (Å²) in [4.78, 5) is 69.2. The number of nitrogens with zero attached hydrogens (tertiary/aromatic N) is 4. The fourth-order valence-electron chi connectivity index (χ4n) is 10.5. The van der Waals surface area contributed by atoms with Gasteiger partial charge in [-0.3, -0.25) is 24.2 Å². The molecule has 5 N–H and O–H groups in total. The van der Waals surface area contributed by atoms with E-state index in [9.17, 15) is 39.6 Å². The molecule has 18 heteroatoms. The summed E-state index contributed by atoms with van der Waals surface area (Å²) in [6, 6.07) is 0. The summed E-state index contributed by atoms with van der Waals surface area (Å²) in [6.45, 7) is 17.0. The van der Waals surface area contributed by atoms with E-state index in [2.05, 4.69) is 44.7 Å². The highest BCUT2D eigenvalue weighted by atomic mass is 127. The van der Waals surface area contributed by atoms with Crippen LogP contribution in [0.15, 0.2) is 46.1 Å². The van der Waals surface area contributed by atoms with Gasteiger partial charge in [-0.15, -0.1) is 0 Å². The number of nitrogens with one attached hydrogen (secondary N) is 1. The molecule has 2 amide bonds. The molecular formula is C51H68IN5O12. The molecule has 0 aromatic heterocycles. The minimum atomic E-state index is -2.00. The normalized spacial score (nSPS) is 31.9. The summed E-state index contributed by atoms with van der Waals surface area (Å²) in [7, 11) is 1.45. The molecule has 0 aliphatic carbocycles. The van der Waals surface area contributed by atoms with Crippen molar-refractivity contribution in [2.24, 2.45) is 33.7 Å². The number of alkyl halides is 1. The Morgan fingerprint density at radius 3 is 2.28 bits per heavy atom. The molecule has 2 fully saturated rings. The minimum Gasteiger partial charge on any atom is -0.507 e. The van der Waals surface area contributed by atoms with Gasteiger partial charge in [0.2, 0.25) is 5.91 Å². The lowest BCUT2D eigenvalue weighted by Gasteiger charge is -2.38. The SMILES string of the molecule is CO[C@H]1/C=C/O[C@@]2(C)Oc3c(C)c(O)c4c(O)c(c5c(c4c3C2=O)NC2(CCN(CC(C)I)CC2)N=5)=NC(=O)/C(C)=C\C=C\[C@H](C)[C@H](O)[C@@H](C)[C@@H](O)[C@@H](C)[C@H](OC(=O)CC(=O)N2CCCCC2)[C@@H]1C. The van der Waals surface area contributed by atoms with Crippen molar-refractivity contribution >= 4 is 62.6 Å². The van der Waals surface area contributed by atoms with E-state index in [-0.39, 0.29) is 55.6 Å². The molecular weight excluding hydrogens is 1000 g/mol. The molecule has 10 atom stereocenters. The maximum absolute atomic E-state index is 14.9. The lowest BCUT2D eigenvalue weighted by Crippen LogP contribution is -2.47. The van der Waals surface area contributed by atoms with Gasteiger partial charge >= 0.3 is 11.8 Å². The number of likely N-dealkylation sites (tertiary alicyclic amines) is 2. The van der Waals surface area contributed by atoms with Gasteiger partial charge in [-0.25, -0.2) is 4.99 Å². The van der Waals surface area contributed by atoms with Crippen LogP contribution < -0.4 is 20.8 Å². The Bertz CT molecular complexity index is 2570. The van der Waals surface area contributed by atoms with Crippen LogP contribution in [0.4, 0.5) is 5.69 Å². The highest BCUT2D eigenvalue weighted by molar-refractivity contribution is 14.1. The third-order valence-corrected chi connectivity index (χ3v) is 15.2. The lowest BCUT2D eigenvalue weighted by molar-refractivity contribution is -0.165. The number of aromatic hydroxyl groups is 2. The van der Waals surface area contributed by atoms with E-state index in [0.717, 1.165) is 25.8 Å². The Balaban J connectivity index is 1.33. The van der Waals surface area contributed by atoms with E-state index in [1.54, 1.807) is 58.6 Å². The van der Waals surface area contributed by atoms with Crippen molar-refractivity contribution in [3.63, 3.8) is 0 Å². The van der Waals surface area contributed by atoms with Gasteiger partial charge in [-0.05, 0) is 39.2 Å². The number of amides is 2. The van der Waals surface area contributed by atoms with Gasteiger partial charge in [0.1, 0.15) is 40.4 Å². The first-order valence-corrected chi connectivity index (χ1v) is 25.4. The van der Waals surface area contributed by atoms with E-state index >= 15 is 0 Å². The third kappa shape index (κ3) is 10.4. The molecule has 1 spiro atoms. The number of aliphatic hydroxyl groups excluding tert-OH is 2. The van der Waals surface area contributed by atoms with Crippen LogP contribution in [0.2, 0.25) is 0 Å². The van der Waals surface area contributed by atoms with Crippen molar-refractivity contribution in [2.75, 3.05) is 45.2 Å². The monoisotopic (exact) mass is 1070 g/mol. The number of fused-ring (bicyclic) bond motifs is 13. The van der Waals surface area contributed by atoms with Gasteiger partial charge in [0.05, 0.1) is 41.2 Å². The number of hydrogen-bond acceptors (Lipinski definition) is 15. The number of hydrogen-bond donors (Lipinski definition) is 5.